The molecule has 0 spiro atoms. The lowest BCUT2D eigenvalue weighted by Crippen LogP contribution is -2.24. The van der Waals surface area contributed by atoms with Crippen LogP contribution < -0.4 is 0 Å². The van der Waals surface area contributed by atoms with Crippen molar-refractivity contribution in [2.45, 2.75) is 19.8 Å². The van der Waals surface area contributed by atoms with Gasteiger partial charge >= 0.3 is 0 Å². The third-order valence-electron chi connectivity index (χ3n) is 3.63. The van der Waals surface area contributed by atoms with Gasteiger partial charge in [-0.25, -0.2) is 0 Å². The van der Waals surface area contributed by atoms with Gasteiger partial charge in [-0.1, -0.05) is 6.92 Å². The van der Waals surface area contributed by atoms with Gasteiger partial charge in [0.15, 0.2) is 0 Å². The van der Waals surface area contributed by atoms with Crippen molar-refractivity contribution in [3.63, 3.8) is 0 Å². The smallest absolute Gasteiger partial charge is 0.0672 e. The first-order valence-electron chi connectivity index (χ1n) is 4.57. The van der Waals surface area contributed by atoms with E-state index in [1.54, 1.807) is 0 Å². The second kappa shape index (κ2) is 2.49. The lowest BCUT2D eigenvalue weighted by atomic mass is 9.76. The highest BCUT2D eigenvalue weighted by molar-refractivity contribution is 5.13. The number of nitriles is 2. The lowest BCUT2D eigenvalue weighted by Gasteiger charge is -2.25. The highest BCUT2D eigenvalue weighted by Crippen LogP contribution is 2.54. The Labute approximate surface area is 72.8 Å². The molecule has 0 amide bonds. The Bertz CT molecular complexity index is 271. The summed E-state index contributed by atoms with van der Waals surface area (Å²) in [5.41, 5.74) is 0. The van der Waals surface area contributed by atoms with Crippen LogP contribution in [-0.4, -0.2) is 0 Å². The Balaban J connectivity index is 2.25. The van der Waals surface area contributed by atoms with Crippen molar-refractivity contribution in [2.75, 3.05) is 0 Å². The first kappa shape index (κ1) is 7.62. The van der Waals surface area contributed by atoms with E-state index in [0.717, 1.165) is 6.42 Å². The predicted molar refractivity (Wildman–Crippen MR) is 43.6 cm³/mol. The molecule has 2 heteroatoms. The van der Waals surface area contributed by atoms with E-state index in [1.165, 1.54) is 6.42 Å². The van der Waals surface area contributed by atoms with Crippen LogP contribution in [0.15, 0.2) is 0 Å². The average Bonchev–Trinajstić information content (AvgIpc) is 2.58. The van der Waals surface area contributed by atoms with Crippen molar-refractivity contribution in [1.29, 1.82) is 10.5 Å². The predicted octanol–water partition coefficient (Wildman–Crippen LogP) is 1.94. The Hall–Kier alpha value is -1.02. The van der Waals surface area contributed by atoms with Crippen molar-refractivity contribution >= 4 is 0 Å². The number of rotatable bonds is 0. The summed E-state index contributed by atoms with van der Waals surface area (Å²) in [6, 6.07) is 4.60. The van der Waals surface area contributed by atoms with E-state index in [2.05, 4.69) is 19.1 Å². The van der Waals surface area contributed by atoms with E-state index in [4.69, 9.17) is 10.5 Å². The van der Waals surface area contributed by atoms with Gasteiger partial charge in [-0.2, -0.15) is 10.5 Å². The Kier molecular flexibility index (Phi) is 1.58. The summed E-state index contributed by atoms with van der Waals surface area (Å²) in [6.07, 6.45) is 2.29. The van der Waals surface area contributed by atoms with Gasteiger partial charge in [-0.15, -0.1) is 0 Å². The van der Waals surface area contributed by atoms with Gasteiger partial charge in [0.2, 0.25) is 0 Å². The van der Waals surface area contributed by atoms with E-state index in [9.17, 15) is 0 Å². The molecule has 2 rings (SSSR count). The van der Waals surface area contributed by atoms with Gasteiger partial charge < -0.3 is 0 Å². The van der Waals surface area contributed by atoms with Crippen LogP contribution in [0, 0.1) is 52.3 Å². The highest BCUT2D eigenvalue weighted by Gasteiger charge is 2.51. The monoisotopic (exact) mass is 160 g/mol. The minimum atomic E-state index is 0.0312. The maximum absolute atomic E-state index is 8.91. The van der Waals surface area contributed by atoms with Gasteiger partial charge in [-0.05, 0) is 30.6 Å². The minimum absolute atomic E-state index is 0.0312. The molecule has 0 aromatic carbocycles. The summed E-state index contributed by atoms with van der Waals surface area (Å²) >= 11 is 0. The minimum Gasteiger partial charge on any atom is -0.198 e. The molecule has 2 nitrogen and oxygen atoms in total. The van der Waals surface area contributed by atoms with Crippen LogP contribution in [0.2, 0.25) is 0 Å². The van der Waals surface area contributed by atoms with Crippen LogP contribution >= 0.6 is 0 Å². The van der Waals surface area contributed by atoms with Crippen molar-refractivity contribution in [1.82, 2.24) is 0 Å². The van der Waals surface area contributed by atoms with Gasteiger partial charge in [0.1, 0.15) is 0 Å². The van der Waals surface area contributed by atoms with E-state index in [0.29, 0.717) is 17.8 Å². The van der Waals surface area contributed by atoms with Crippen molar-refractivity contribution in [2.24, 2.45) is 29.6 Å². The Morgan fingerprint density at radius 2 is 1.75 bits per heavy atom. The zero-order valence-electron chi connectivity index (χ0n) is 7.20. The molecule has 2 saturated carbocycles. The maximum Gasteiger partial charge on any atom is 0.0672 e. The average molecular weight is 160 g/mol. The number of fused-ring (bicyclic) bond motifs is 2. The Morgan fingerprint density at radius 1 is 1.08 bits per heavy atom. The second-order valence-corrected chi connectivity index (χ2v) is 4.18. The van der Waals surface area contributed by atoms with Gasteiger partial charge in [0.05, 0.1) is 24.0 Å². The molecular formula is C10H12N2. The Morgan fingerprint density at radius 3 is 2.33 bits per heavy atom. The number of nitrogens with zero attached hydrogens (tertiary/aromatic N) is 2. The van der Waals surface area contributed by atoms with Gasteiger partial charge in [0, 0.05) is 0 Å². The van der Waals surface area contributed by atoms with Crippen molar-refractivity contribution < 1.29 is 0 Å². The second-order valence-electron chi connectivity index (χ2n) is 4.18. The summed E-state index contributed by atoms with van der Waals surface area (Å²) < 4.78 is 0. The third-order valence-corrected chi connectivity index (χ3v) is 3.63. The van der Waals surface area contributed by atoms with Crippen molar-refractivity contribution in [3.05, 3.63) is 0 Å². The highest BCUT2D eigenvalue weighted by atomic mass is 14.6. The molecule has 0 N–H and O–H groups in total. The molecule has 2 aliphatic rings. The van der Waals surface area contributed by atoms with Crippen LogP contribution in [0.5, 0.6) is 0 Å². The molecule has 62 valence electrons. The molecule has 0 aromatic heterocycles. The lowest BCUT2D eigenvalue weighted by molar-refractivity contribution is 0.257. The normalized spacial score (nSPS) is 50.1. The first-order chi connectivity index (χ1) is 5.77. The molecule has 2 fully saturated rings. The summed E-state index contributed by atoms with van der Waals surface area (Å²) in [4.78, 5) is 0. The molecule has 5 atom stereocenters. The summed E-state index contributed by atoms with van der Waals surface area (Å²) in [5, 5.41) is 17.8. The summed E-state index contributed by atoms with van der Waals surface area (Å²) in [5.74, 6) is 1.79. The topological polar surface area (TPSA) is 47.6 Å². The fourth-order valence-corrected chi connectivity index (χ4v) is 3.05. The summed E-state index contributed by atoms with van der Waals surface area (Å²) in [7, 11) is 0. The molecule has 2 bridgehead atoms. The molecule has 2 aliphatic carbocycles. The van der Waals surface area contributed by atoms with E-state index in [1.807, 2.05) is 0 Å². The van der Waals surface area contributed by atoms with E-state index in [-0.39, 0.29) is 11.8 Å². The molecule has 0 heterocycles. The number of hydrogen-bond acceptors (Lipinski definition) is 2. The SMILES string of the molecule is CC1CC2CC1C(C#N)C2C#N. The van der Waals surface area contributed by atoms with E-state index < -0.39 is 0 Å². The largest absolute Gasteiger partial charge is 0.198 e. The van der Waals surface area contributed by atoms with E-state index >= 15 is 0 Å². The van der Waals surface area contributed by atoms with Crippen LogP contribution in [0.4, 0.5) is 0 Å². The first-order valence-corrected chi connectivity index (χ1v) is 4.57. The zero-order valence-corrected chi connectivity index (χ0v) is 7.20. The molecule has 5 unspecified atom stereocenters. The zero-order chi connectivity index (χ0) is 8.72. The fourth-order valence-electron chi connectivity index (χ4n) is 3.05. The van der Waals surface area contributed by atoms with Crippen LogP contribution in [0.3, 0.4) is 0 Å². The fraction of sp³-hybridized carbons (Fsp3) is 0.800. The van der Waals surface area contributed by atoms with Crippen LogP contribution in [-0.2, 0) is 0 Å². The third kappa shape index (κ3) is 0.786. The van der Waals surface area contributed by atoms with Gasteiger partial charge in [0.25, 0.3) is 0 Å². The van der Waals surface area contributed by atoms with Crippen LogP contribution in [0.25, 0.3) is 0 Å². The molecule has 12 heavy (non-hydrogen) atoms. The molecular weight excluding hydrogens is 148 g/mol. The van der Waals surface area contributed by atoms with Crippen molar-refractivity contribution in [3.8, 4) is 12.1 Å². The summed E-state index contributed by atoms with van der Waals surface area (Å²) in [6.45, 7) is 2.21. The molecule has 0 radical (unpaired) electrons. The van der Waals surface area contributed by atoms with Crippen LogP contribution in [0.1, 0.15) is 19.8 Å². The van der Waals surface area contributed by atoms with Gasteiger partial charge in [-0.3, -0.25) is 0 Å². The number of hydrogen-bond donors (Lipinski definition) is 0. The molecule has 0 aliphatic heterocycles. The molecule has 0 saturated heterocycles. The standard InChI is InChI=1S/C10H12N2/c1-6-2-7-3-8(6)10(5-12)9(7)4-11/h6-10H,2-3H2,1H3. The maximum atomic E-state index is 8.91. The quantitative estimate of drug-likeness (QED) is 0.543. The molecule has 0 aromatic rings.